The number of rotatable bonds is 8. The topological polar surface area (TPSA) is 89.1 Å². The van der Waals surface area contributed by atoms with Crippen LogP contribution in [0.2, 0.25) is 0 Å². The molecule has 0 saturated heterocycles. The summed E-state index contributed by atoms with van der Waals surface area (Å²) in [5.41, 5.74) is 2.76. The van der Waals surface area contributed by atoms with Crippen LogP contribution in [0.5, 0.6) is 17.2 Å². The van der Waals surface area contributed by atoms with Crippen LogP contribution < -0.4 is 24.8 Å². The van der Waals surface area contributed by atoms with E-state index in [1.807, 2.05) is 32.0 Å². The lowest BCUT2D eigenvalue weighted by atomic mass is 9.99. The van der Waals surface area contributed by atoms with Gasteiger partial charge in [-0.15, -0.1) is 0 Å². The van der Waals surface area contributed by atoms with E-state index in [-0.39, 0.29) is 17.9 Å². The smallest absolute Gasteiger partial charge is 0.318 e. The average Bonchev–Trinajstić information content (AvgIpc) is 2.81. The number of anilines is 1. The molecule has 1 heterocycles. The number of nitrogens with zero attached hydrogens (tertiary/aromatic N) is 1. The monoisotopic (exact) mass is 455 g/mol. The molecule has 33 heavy (non-hydrogen) atoms. The van der Waals surface area contributed by atoms with Gasteiger partial charge in [-0.1, -0.05) is 19.9 Å². The van der Waals surface area contributed by atoms with Gasteiger partial charge in [-0.3, -0.25) is 4.79 Å². The maximum Gasteiger partial charge on any atom is 0.318 e. The van der Waals surface area contributed by atoms with E-state index in [0.717, 1.165) is 11.1 Å². The van der Waals surface area contributed by atoms with Crippen molar-refractivity contribution in [3.8, 4) is 17.2 Å². The second-order valence-corrected chi connectivity index (χ2v) is 8.50. The molecule has 0 aromatic heterocycles. The number of carbonyl (C=O) groups excluding carboxylic acids is 2. The molecule has 1 unspecified atom stereocenters. The first-order chi connectivity index (χ1) is 15.8. The van der Waals surface area contributed by atoms with Gasteiger partial charge in [0.05, 0.1) is 21.3 Å². The maximum absolute atomic E-state index is 13.1. The van der Waals surface area contributed by atoms with Crippen molar-refractivity contribution >= 4 is 17.6 Å². The molecule has 2 aromatic rings. The Labute approximate surface area is 195 Å². The lowest BCUT2D eigenvalue weighted by molar-refractivity contribution is -0.118. The van der Waals surface area contributed by atoms with Gasteiger partial charge in [0.2, 0.25) is 5.91 Å². The lowest BCUT2D eigenvalue weighted by Gasteiger charge is -2.31. The zero-order valence-electron chi connectivity index (χ0n) is 19.9. The number of benzene rings is 2. The number of amides is 3. The van der Waals surface area contributed by atoms with Gasteiger partial charge in [-0.25, -0.2) is 4.79 Å². The quantitative estimate of drug-likeness (QED) is 0.632. The summed E-state index contributed by atoms with van der Waals surface area (Å²) >= 11 is 0. The number of hydrogen-bond acceptors (Lipinski definition) is 5. The normalized spacial score (nSPS) is 13.7. The van der Waals surface area contributed by atoms with E-state index in [4.69, 9.17) is 14.2 Å². The van der Waals surface area contributed by atoms with Crippen molar-refractivity contribution < 1.29 is 23.8 Å². The Balaban J connectivity index is 1.70. The van der Waals surface area contributed by atoms with E-state index in [2.05, 4.69) is 10.6 Å². The highest BCUT2D eigenvalue weighted by Crippen LogP contribution is 2.33. The zero-order valence-corrected chi connectivity index (χ0v) is 19.9. The van der Waals surface area contributed by atoms with Crippen LogP contribution in [-0.4, -0.2) is 50.8 Å². The summed E-state index contributed by atoms with van der Waals surface area (Å²) in [5, 5.41) is 5.83. The molecule has 1 aliphatic heterocycles. The molecule has 3 rings (SSSR count). The Morgan fingerprint density at radius 3 is 2.33 bits per heavy atom. The van der Waals surface area contributed by atoms with E-state index >= 15 is 0 Å². The van der Waals surface area contributed by atoms with Crippen LogP contribution in [-0.2, 0) is 17.8 Å². The second kappa shape index (κ2) is 10.9. The third-order valence-corrected chi connectivity index (χ3v) is 5.66. The first-order valence-electron chi connectivity index (χ1n) is 11.1. The van der Waals surface area contributed by atoms with E-state index in [0.29, 0.717) is 48.9 Å². The van der Waals surface area contributed by atoms with Gasteiger partial charge in [0.25, 0.3) is 0 Å². The lowest BCUT2D eigenvalue weighted by Crippen LogP contribution is -2.51. The van der Waals surface area contributed by atoms with Gasteiger partial charge in [0, 0.05) is 24.8 Å². The molecule has 0 aliphatic carbocycles. The third kappa shape index (κ3) is 6.09. The number of nitrogens with one attached hydrogen (secondary N) is 2. The van der Waals surface area contributed by atoms with Gasteiger partial charge >= 0.3 is 6.03 Å². The largest absolute Gasteiger partial charge is 0.497 e. The highest BCUT2D eigenvalue weighted by molar-refractivity contribution is 5.97. The van der Waals surface area contributed by atoms with Crippen LogP contribution in [0.25, 0.3) is 0 Å². The number of fused-ring (bicyclic) bond motifs is 1. The van der Waals surface area contributed by atoms with Crippen LogP contribution in [0.4, 0.5) is 10.5 Å². The molecule has 2 N–H and O–H groups in total. The molecule has 1 atom stereocenters. The zero-order chi connectivity index (χ0) is 24.0. The fraction of sp³-hybridized carbons (Fsp3) is 0.440. The number of ether oxygens (including phenoxy) is 3. The fourth-order valence-electron chi connectivity index (χ4n) is 3.93. The van der Waals surface area contributed by atoms with Crippen molar-refractivity contribution in [3.05, 3.63) is 47.5 Å². The van der Waals surface area contributed by atoms with Gasteiger partial charge in [0.1, 0.15) is 11.8 Å². The summed E-state index contributed by atoms with van der Waals surface area (Å²) in [7, 11) is 4.78. The summed E-state index contributed by atoms with van der Waals surface area (Å²) in [6.45, 7) is 5.04. The minimum atomic E-state index is -0.657. The molecule has 0 saturated carbocycles. The molecule has 0 bridgehead atoms. The van der Waals surface area contributed by atoms with Crippen molar-refractivity contribution in [3.63, 3.8) is 0 Å². The predicted octanol–water partition coefficient (Wildman–Crippen LogP) is 3.83. The fourth-order valence-corrected chi connectivity index (χ4v) is 3.93. The molecule has 3 amide bonds. The Morgan fingerprint density at radius 1 is 1.00 bits per heavy atom. The molecule has 0 spiro atoms. The van der Waals surface area contributed by atoms with Crippen LogP contribution in [0, 0.1) is 5.92 Å². The molecule has 178 valence electrons. The average molecular weight is 456 g/mol. The number of hydrogen-bond donors (Lipinski definition) is 2. The van der Waals surface area contributed by atoms with Gasteiger partial charge in [0.15, 0.2) is 11.5 Å². The Morgan fingerprint density at radius 2 is 1.70 bits per heavy atom. The molecule has 1 aliphatic rings. The first kappa shape index (κ1) is 24.2. The molecular formula is C25H33N3O5. The molecule has 8 heteroatoms. The van der Waals surface area contributed by atoms with Gasteiger partial charge in [-0.2, -0.15) is 0 Å². The SMILES string of the molecule is COc1cccc(NC(=O)C(CC(C)C)NC(=O)N2CCc3cc(OC)c(OC)cc3C2)c1. The van der Waals surface area contributed by atoms with Crippen molar-refractivity contribution in [2.45, 2.75) is 39.3 Å². The van der Waals surface area contributed by atoms with Gasteiger partial charge in [-0.05, 0) is 54.2 Å². The second-order valence-electron chi connectivity index (χ2n) is 8.50. The highest BCUT2D eigenvalue weighted by atomic mass is 16.5. The molecular weight excluding hydrogens is 422 g/mol. The minimum absolute atomic E-state index is 0.227. The summed E-state index contributed by atoms with van der Waals surface area (Å²) < 4.78 is 16.0. The van der Waals surface area contributed by atoms with Crippen molar-refractivity contribution in [2.24, 2.45) is 5.92 Å². The number of carbonyl (C=O) groups is 2. The number of urea groups is 1. The highest BCUT2D eigenvalue weighted by Gasteiger charge is 2.27. The van der Waals surface area contributed by atoms with Crippen molar-refractivity contribution in [2.75, 3.05) is 33.2 Å². The van der Waals surface area contributed by atoms with E-state index in [9.17, 15) is 9.59 Å². The summed E-state index contributed by atoms with van der Waals surface area (Å²) in [5.74, 6) is 1.93. The predicted molar refractivity (Wildman–Crippen MR) is 127 cm³/mol. The Hall–Kier alpha value is -3.42. The maximum atomic E-state index is 13.1. The summed E-state index contributed by atoms with van der Waals surface area (Å²) in [6.07, 6.45) is 1.23. The van der Waals surface area contributed by atoms with E-state index in [1.165, 1.54) is 0 Å². The first-order valence-corrected chi connectivity index (χ1v) is 11.1. The Kier molecular flexibility index (Phi) is 8.03. The van der Waals surface area contributed by atoms with Crippen molar-refractivity contribution in [1.29, 1.82) is 0 Å². The van der Waals surface area contributed by atoms with Crippen LogP contribution in [0.1, 0.15) is 31.4 Å². The minimum Gasteiger partial charge on any atom is -0.497 e. The summed E-state index contributed by atoms with van der Waals surface area (Å²) in [4.78, 5) is 27.8. The Bertz CT molecular complexity index is 992. The number of methoxy groups -OCH3 is 3. The van der Waals surface area contributed by atoms with Crippen LogP contribution >= 0.6 is 0 Å². The van der Waals surface area contributed by atoms with Gasteiger partial charge < -0.3 is 29.7 Å². The van der Waals surface area contributed by atoms with Crippen LogP contribution in [0.15, 0.2) is 36.4 Å². The van der Waals surface area contributed by atoms with Crippen molar-refractivity contribution in [1.82, 2.24) is 10.2 Å². The molecule has 2 aromatic carbocycles. The standard InChI is InChI=1S/C25H33N3O5/c1-16(2)11-21(24(29)26-19-7-6-8-20(14-19)31-3)27-25(30)28-10-9-17-12-22(32-4)23(33-5)13-18(17)15-28/h6-8,12-14,16,21H,9-11,15H2,1-5H3,(H,26,29)(H,27,30). The van der Waals surface area contributed by atoms with Crippen LogP contribution in [0.3, 0.4) is 0 Å². The van der Waals surface area contributed by atoms with E-state index in [1.54, 1.807) is 44.4 Å². The molecule has 0 radical (unpaired) electrons. The summed E-state index contributed by atoms with van der Waals surface area (Å²) in [6, 6.07) is 10.1. The molecule has 8 nitrogen and oxygen atoms in total. The molecule has 0 fully saturated rings. The third-order valence-electron chi connectivity index (χ3n) is 5.66. The van der Waals surface area contributed by atoms with E-state index < -0.39 is 6.04 Å².